The highest BCUT2D eigenvalue weighted by Gasteiger charge is 2.19. The van der Waals surface area contributed by atoms with Gasteiger partial charge in [0.2, 0.25) is 0 Å². The first-order valence-corrected chi connectivity index (χ1v) is 10.8. The lowest BCUT2D eigenvalue weighted by Crippen LogP contribution is -2.26. The molecule has 32 heavy (non-hydrogen) atoms. The Hall–Kier alpha value is -2.87. The number of nitrogens with zero attached hydrogens (tertiary/aromatic N) is 1. The second-order valence-corrected chi connectivity index (χ2v) is 8.00. The van der Waals surface area contributed by atoms with E-state index in [1.54, 1.807) is 13.2 Å². The molecule has 1 atom stereocenters. The molecule has 0 saturated heterocycles. The van der Waals surface area contributed by atoms with E-state index in [0.717, 1.165) is 11.1 Å². The van der Waals surface area contributed by atoms with Gasteiger partial charge in [-0.3, -0.25) is 4.79 Å². The van der Waals surface area contributed by atoms with Crippen LogP contribution in [0.3, 0.4) is 0 Å². The van der Waals surface area contributed by atoms with Crippen molar-refractivity contribution in [3.8, 4) is 11.5 Å². The van der Waals surface area contributed by atoms with E-state index in [9.17, 15) is 4.79 Å². The summed E-state index contributed by atoms with van der Waals surface area (Å²) in [5, 5.41) is 4.72. The number of hydrogen-bond acceptors (Lipinski definition) is 5. The third kappa shape index (κ3) is 6.32. The molecule has 3 rings (SSSR count). The molecule has 0 fully saturated rings. The highest BCUT2D eigenvalue weighted by Crippen LogP contribution is 2.37. The molecule has 0 aromatic heterocycles. The van der Waals surface area contributed by atoms with Crippen molar-refractivity contribution in [2.75, 3.05) is 14.2 Å². The van der Waals surface area contributed by atoms with Gasteiger partial charge < -0.3 is 14.2 Å². The Bertz CT molecular complexity index is 1080. The number of carbonyl (C=O) groups excluding carboxylic acids is 1. The smallest absolute Gasteiger partial charge is 0.273 e. The number of amides is 1. The number of halogens is 2. The summed E-state index contributed by atoms with van der Waals surface area (Å²) in [5.74, 6) is 0.719. The number of methoxy groups -OCH3 is 2. The third-order valence-corrected chi connectivity index (χ3v) is 5.35. The van der Waals surface area contributed by atoms with E-state index >= 15 is 0 Å². The van der Waals surface area contributed by atoms with Gasteiger partial charge >= 0.3 is 0 Å². The number of ether oxygens (including phenoxy) is 3. The van der Waals surface area contributed by atoms with E-state index in [2.05, 4.69) is 26.5 Å². The maximum Gasteiger partial charge on any atom is 0.273 e. The molecule has 1 N–H and O–H groups in total. The van der Waals surface area contributed by atoms with Crippen LogP contribution in [0.1, 0.15) is 22.8 Å². The Morgan fingerprint density at radius 3 is 2.50 bits per heavy atom. The van der Waals surface area contributed by atoms with Crippen LogP contribution in [-0.4, -0.2) is 26.3 Å². The predicted octanol–water partition coefficient (Wildman–Crippen LogP) is 5.53. The Balaban J connectivity index is 1.67. The van der Waals surface area contributed by atoms with Crippen molar-refractivity contribution in [1.82, 2.24) is 5.43 Å². The van der Waals surface area contributed by atoms with Crippen LogP contribution in [0.5, 0.6) is 11.5 Å². The minimum Gasteiger partial charge on any atom is -0.493 e. The Labute approximate surface area is 200 Å². The van der Waals surface area contributed by atoms with Gasteiger partial charge in [-0.15, -0.1) is 0 Å². The molecular weight excluding hydrogens is 496 g/mol. The number of nitrogens with one attached hydrogen (secondary N) is 1. The van der Waals surface area contributed by atoms with Crippen molar-refractivity contribution in [3.63, 3.8) is 0 Å². The van der Waals surface area contributed by atoms with Crippen molar-refractivity contribution < 1.29 is 19.0 Å². The van der Waals surface area contributed by atoms with Crippen LogP contribution < -0.4 is 14.9 Å². The van der Waals surface area contributed by atoms with Gasteiger partial charge in [-0.2, -0.15) is 5.10 Å². The van der Waals surface area contributed by atoms with Gasteiger partial charge in [-0.25, -0.2) is 5.43 Å². The summed E-state index contributed by atoms with van der Waals surface area (Å²) < 4.78 is 17.4. The highest BCUT2D eigenvalue weighted by molar-refractivity contribution is 9.10. The molecule has 6 nitrogen and oxygen atoms in total. The van der Waals surface area contributed by atoms with E-state index in [4.69, 9.17) is 25.8 Å². The van der Waals surface area contributed by atoms with E-state index in [1.807, 2.05) is 60.7 Å². The van der Waals surface area contributed by atoms with Crippen molar-refractivity contribution >= 4 is 39.7 Å². The van der Waals surface area contributed by atoms with Gasteiger partial charge in [-0.1, -0.05) is 54.1 Å². The topological polar surface area (TPSA) is 69.2 Å². The number of carbonyl (C=O) groups is 1. The van der Waals surface area contributed by atoms with Crippen LogP contribution in [-0.2, 0) is 16.1 Å². The van der Waals surface area contributed by atoms with Crippen LogP contribution in [0.2, 0.25) is 5.02 Å². The fourth-order valence-electron chi connectivity index (χ4n) is 2.94. The van der Waals surface area contributed by atoms with Crippen molar-refractivity contribution in [2.24, 2.45) is 5.10 Å². The molecular formula is C24H22BrClN2O4. The van der Waals surface area contributed by atoms with Gasteiger partial charge in [0, 0.05) is 12.1 Å². The normalized spacial score (nSPS) is 11.9. The maximum atomic E-state index is 12.4. The second-order valence-electron chi connectivity index (χ2n) is 6.71. The summed E-state index contributed by atoms with van der Waals surface area (Å²) in [7, 11) is 3.04. The van der Waals surface area contributed by atoms with Crippen molar-refractivity contribution in [1.29, 1.82) is 0 Å². The molecule has 0 radical (unpaired) electrons. The van der Waals surface area contributed by atoms with Gasteiger partial charge in [-0.05, 0) is 56.9 Å². The molecule has 8 heteroatoms. The zero-order chi connectivity index (χ0) is 22.9. The summed E-state index contributed by atoms with van der Waals surface area (Å²) in [5.41, 5.74) is 4.94. The first-order valence-electron chi connectivity index (χ1n) is 9.67. The Kier molecular flexibility index (Phi) is 8.67. The molecule has 0 aliphatic heterocycles. The maximum absolute atomic E-state index is 12.4. The Morgan fingerprint density at radius 1 is 1.12 bits per heavy atom. The summed E-state index contributed by atoms with van der Waals surface area (Å²) in [4.78, 5) is 12.4. The molecule has 0 heterocycles. The molecule has 1 amide bonds. The fourth-order valence-corrected chi connectivity index (χ4v) is 3.64. The van der Waals surface area contributed by atoms with Crippen LogP contribution in [0.15, 0.2) is 76.3 Å². The van der Waals surface area contributed by atoms with E-state index in [-0.39, 0.29) is 5.91 Å². The van der Waals surface area contributed by atoms with Gasteiger partial charge in [0.1, 0.15) is 6.61 Å². The van der Waals surface area contributed by atoms with Crippen LogP contribution in [0.25, 0.3) is 0 Å². The number of hydrazone groups is 1. The van der Waals surface area contributed by atoms with Crippen LogP contribution in [0, 0.1) is 0 Å². The third-order valence-electron chi connectivity index (χ3n) is 4.51. The zero-order valence-electron chi connectivity index (χ0n) is 17.5. The Morgan fingerprint density at radius 2 is 1.84 bits per heavy atom. The summed E-state index contributed by atoms with van der Waals surface area (Å²) in [6, 6.07) is 20.2. The van der Waals surface area contributed by atoms with Gasteiger partial charge in [0.05, 0.1) is 17.8 Å². The van der Waals surface area contributed by atoms with Crippen LogP contribution in [0.4, 0.5) is 0 Å². The molecule has 166 valence electrons. The van der Waals surface area contributed by atoms with Crippen molar-refractivity contribution in [3.05, 3.63) is 92.9 Å². The summed E-state index contributed by atoms with van der Waals surface area (Å²) >= 11 is 9.44. The quantitative estimate of drug-likeness (QED) is 0.299. The lowest BCUT2D eigenvalue weighted by atomic mass is 10.1. The minimum atomic E-state index is -0.752. The minimum absolute atomic E-state index is 0.355. The fraction of sp³-hybridized carbons (Fsp3) is 0.167. The molecule has 3 aromatic rings. The van der Waals surface area contributed by atoms with Crippen LogP contribution >= 0.6 is 27.5 Å². The molecule has 0 unspecified atom stereocenters. The largest absolute Gasteiger partial charge is 0.493 e. The van der Waals surface area contributed by atoms with Gasteiger partial charge in [0.15, 0.2) is 17.6 Å². The zero-order valence-corrected chi connectivity index (χ0v) is 19.9. The molecule has 0 aliphatic carbocycles. The number of benzene rings is 3. The monoisotopic (exact) mass is 516 g/mol. The lowest BCUT2D eigenvalue weighted by Gasteiger charge is -2.14. The summed E-state index contributed by atoms with van der Waals surface area (Å²) in [6.07, 6.45) is 0.768. The predicted molar refractivity (Wildman–Crippen MR) is 128 cm³/mol. The van der Waals surface area contributed by atoms with Crippen molar-refractivity contribution in [2.45, 2.75) is 12.7 Å². The van der Waals surface area contributed by atoms with Gasteiger partial charge in [0.25, 0.3) is 5.91 Å². The summed E-state index contributed by atoms with van der Waals surface area (Å²) in [6.45, 7) is 0.355. The number of hydrogen-bond donors (Lipinski definition) is 1. The lowest BCUT2D eigenvalue weighted by molar-refractivity contribution is -0.131. The standard InChI is InChI=1S/C24H22BrClN2O4/c1-30-21-13-17(12-20(25)23(21)32-15-16-8-10-19(26)11-9-16)14-27-28-24(29)22(31-2)18-6-4-3-5-7-18/h3-14,22H,15H2,1-2H3,(H,28,29)/b27-14-/t22-/m1/s1. The first kappa shape index (κ1) is 23.8. The average Bonchev–Trinajstić information content (AvgIpc) is 2.80. The molecule has 0 saturated carbocycles. The SMILES string of the molecule is COc1cc(/C=N\NC(=O)[C@H](OC)c2ccccc2)cc(Br)c1OCc1ccc(Cl)cc1. The molecule has 3 aromatic carbocycles. The number of rotatable bonds is 9. The highest BCUT2D eigenvalue weighted by atomic mass is 79.9. The molecule has 0 bridgehead atoms. The molecule has 0 aliphatic rings. The first-order chi connectivity index (χ1) is 15.5. The van der Waals surface area contributed by atoms with E-state index in [1.165, 1.54) is 13.3 Å². The average molecular weight is 518 g/mol. The van der Waals surface area contributed by atoms with E-state index < -0.39 is 6.10 Å². The second kappa shape index (κ2) is 11.7. The van der Waals surface area contributed by atoms with E-state index in [0.29, 0.717) is 33.2 Å². The molecule has 0 spiro atoms.